The molecular formula is C20H16Na2. The van der Waals surface area contributed by atoms with Crippen molar-refractivity contribution < 1.29 is 0 Å². The molecule has 0 nitrogen and oxygen atoms in total. The van der Waals surface area contributed by atoms with Crippen LogP contribution in [0.4, 0.5) is 0 Å². The summed E-state index contributed by atoms with van der Waals surface area (Å²) in [5.74, 6) is 0. The van der Waals surface area contributed by atoms with Crippen molar-refractivity contribution >= 4 is 68.0 Å². The molecule has 22 heavy (non-hydrogen) atoms. The van der Waals surface area contributed by atoms with Gasteiger partial charge in [0, 0.05) is 0 Å². The molecular weight excluding hydrogens is 286 g/mol. The van der Waals surface area contributed by atoms with E-state index in [2.05, 4.69) is 60.7 Å². The van der Waals surface area contributed by atoms with Crippen molar-refractivity contribution in [3.8, 4) is 0 Å². The normalized spacial score (nSPS) is 22.2. The average Bonchev–Trinajstić information content (AvgIpc) is 3.04. The van der Waals surface area contributed by atoms with Gasteiger partial charge in [0.25, 0.3) is 0 Å². The molecule has 2 heteroatoms. The van der Waals surface area contributed by atoms with E-state index in [1.54, 1.807) is 22.3 Å². The Bertz CT molecular complexity index is 718. The van der Waals surface area contributed by atoms with Crippen molar-refractivity contribution in [2.75, 3.05) is 0 Å². The summed E-state index contributed by atoms with van der Waals surface area (Å²) in [4.78, 5) is 0. The third kappa shape index (κ3) is 2.75. The Morgan fingerprint density at radius 3 is 1.45 bits per heavy atom. The van der Waals surface area contributed by atoms with Gasteiger partial charge in [0.1, 0.15) is 0 Å². The zero-order chi connectivity index (χ0) is 15.1. The summed E-state index contributed by atoms with van der Waals surface area (Å²) in [7, 11) is 0. The van der Waals surface area contributed by atoms with Crippen molar-refractivity contribution in [3.05, 3.63) is 81.9 Å². The van der Waals surface area contributed by atoms with Crippen molar-refractivity contribution in [1.29, 1.82) is 0 Å². The maximum absolute atomic E-state index is 2.46. The van der Waals surface area contributed by atoms with E-state index in [-0.39, 0.29) is 0 Å². The van der Waals surface area contributed by atoms with Gasteiger partial charge in [-0.2, -0.15) is 0 Å². The molecule has 2 unspecified atom stereocenters. The topological polar surface area (TPSA) is 0 Å². The van der Waals surface area contributed by atoms with Gasteiger partial charge < -0.3 is 0 Å². The fraction of sp³-hybridized carbons (Fsp3) is 0.200. The molecule has 2 aliphatic rings. The second kappa shape index (κ2) is 6.43. The van der Waals surface area contributed by atoms with Crippen molar-refractivity contribution in [2.24, 2.45) is 0 Å². The standard InChI is InChI=1S/C20H16.2Na/c1-2-6-18-12-15(11-17(18)5-1)9-10-16-13-19-7-3-4-8-20(19)14-16;;/h1-8,11-14H,9-10H2;;. The molecule has 0 bridgehead atoms. The molecule has 4 rings (SSSR count). The van der Waals surface area contributed by atoms with E-state index in [1.165, 1.54) is 79.8 Å². The van der Waals surface area contributed by atoms with Gasteiger partial charge in [-0.15, -0.1) is 0 Å². The summed E-state index contributed by atoms with van der Waals surface area (Å²) >= 11 is 2.45. The van der Waals surface area contributed by atoms with Gasteiger partial charge in [-0.05, 0) is 0 Å². The van der Waals surface area contributed by atoms with Gasteiger partial charge in [-0.25, -0.2) is 0 Å². The predicted molar refractivity (Wildman–Crippen MR) is 95.1 cm³/mol. The molecule has 2 atom stereocenters. The molecule has 0 spiro atoms. The molecule has 2 aliphatic carbocycles. The Balaban J connectivity index is 1.50. The van der Waals surface area contributed by atoms with Gasteiger partial charge in [-0.3, -0.25) is 0 Å². The Morgan fingerprint density at radius 1 is 0.636 bits per heavy atom. The summed E-state index contributed by atoms with van der Waals surface area (Å²) in [6, 6.07) is 17.9. The van der Waals surface area contributed by atoms with Crippen molar-refractivity contribution in [2.45, 2.75) is 19.2 Å². The van der Waals surface area contributed by atoms with E-state index < -0.39 is 0 Å². The first-order valence-electron chi connectivity index (χ1n) is 8.33. The molecule has 2 aromatic carbocycles. The van der Waals surface area contributed by atoms with Gasteiger partial charge in [0.05, 0.1) is 0 Å². The Morgan fingerprint density at radius 2 is 1.05 bits per heavy atom. The van der Waals surface area contributed by atoms with E-state index in [0.717, 1.165) is 6.33 Å². The van der Waals surface area contributed by atoms with Crippen LogP contribution in [0.3, 0.4) is 0 Å². The zero-order valence-corrected chi connectivity index (χ0v) is 17.3. The molecule has 0 aliphatic heterocycles. The molecule has 0 fully saturated rings. The van der Waals surface area contributed by atoms with Crippen LogP contribution < -0.4 is 0 Å². The molecule has 98 valence electrons. The van der Waals surface area contributed by atoms with Gasteiger partial charge in [0.15, 0.2) is 0 Å². The number of allylic oxidation sites excluding steroid dienone is 2. The first kappa shape index (κ1) is 15.4. The van der Waals surface area contributed by atoms with Crippen LogP contribution in [-0.4, -0.2) is 55.9 Å². The molecule has 0 N–H and O–H groups in total. The van der Waals surface area contributed by atoms with Gasteiger partial charge in [0.2, 0.25) is 0 Å². The number of hydrogen-bond acceptors (Lipinski definition) is 0. The van der Waals surface area contributed by atoms with Crippen LogP contribution in [-0.2, 0) is 0 Å². The fourth-order valence-corrected chi connectivity index (χ4v) is 5.95. The summed E-state index contributed by atoms with van der Waals surface area (Å²) < 4.78 is 1.46. The average molecular weight is 302 g/mol. The monoisotopic (exact) mass is 302 g/mol. The fourth-order valence-electron chi connectivity index (χ4n) is 3.99. The second-order valence-corrected chi connectivity index (χ2v) is 8.95. The first-order valence-corrected chi connectivity index (χ1v) is 10.6. The molecule has 0 heterocycles. The SMILES string of the molecule is [Na][CH]1C(CCC2=Cc3ccccc3[CH]2[Na])=Cc2ccccc21. The van der Waals surface area contributed by atoms with E-state index in [4.69, 9.17) is 0 Å². The minimum absolute atomic E-state index is 0.730. The number of rotatable bonds is 3. The number of fused-ring (bicyclic) bond motifs is 2. The molecule has 0 aromatic heterocycles. The Hall–Kier alpha value is -0.0800. The molecule has 0 amide bonds. The van der Waals surface area contributed by atoms with Crippen LogP contribution in [0.2, 0.25) is 0 Å². The third-order valence-corrected chi connectivity index (χ3v) is 8.15. The number of benzene rings is 2. The van der Waals surface area contributed by atoms with Crippen LogP contribution in [0, 0.1) is 0 Å². The number of hydrogen-bond donors (Lipinski definition) is 0. The van der Waals surface area contributed by atoms with Crippen LogP contribution in [0.25, 0.3) is 12.2 Å². The molecule has 0 radical (unpaired) electrons. The summed E-state index contributed by atoms with van der Waals surface area (Å²) in [6.45, 7) is 0. The third-order valence-electron chi connectivity index (χ3n) is 5.42. The van der Waals surface area contributed by atoms with E-state index in [9.17, 15) is 0 Å². The Kier molecular flexibility index (Phi) is 4.52. The van der Waals surface area contributed by atoms with Crippen LogP contribution in [0.1, 0.15) is 41.4 Å². The van der Waals surface area contributed by atoms with Crippen molar-refractivity contribution in [1.82, 2.24) is 0 Å². The molecule has 0 saturated heterocycles. The summed E-state index contributed by atoms with van der Waals surface area (Å²) in [5, 5.41) is 0. The predicted octanol–water partition coefficient (Wildman–Crippen LogP) is 4.38. The van der Waals surface area contributed by atoms with Gasteiger partial charge in [-0.1, -0.05) is 0 Å². The minimum atomic E-state index is 0.730. The van der Waals surface area contributed by atoms with E-state index in [1.807, 2.05) is 0 Å². The zero-order valence-electron chi connectivity index (χ0n) is 13.3. The van der Waals surface area contributed by atoms with E-state index >= 15 is 0 Å². The van der Waals surface area contributed by atoms with E-state index in [0.29, 0.717) is 0 Å². The van der Waals surface area contributed by atoms with Crippen molar-refractivity contribution in [3.63, 3.8) is 0 Å². The second-order valence-electron chi connectivity index (χ2n) is 6.64. The maximum atomic E-state index is 2.46. The summed E-state index contributed by atoms with van der Waals surface area (Å²) in [5.41, 5.74) is 9.38. The quantitative estimate of drug-likeness (QED) is 0.738. The first-order chi connectivity index (χ1) is 10.7. The van der Waals surface area contributed by atoms with Crippen LogP contribution in [0.15, 0.2) is 59.7 Å². The molecule has 2 aromatic rings. The summed E-state index contributed by atoms with van der Waals surface area (Å²) in [6.07, 6.45) is 7.39. The van der Waals surface area contributed by atoms with Crippen LogP contribution in [0.5, 0.6) is 0 Å². The Labute approximate surface area is 167 Å². The van der Waals surface area contributed by atoms with Crippen LogP contribution >= 0.6 is 0 Å². The molecule has 0 saturated carbocycles. The van der Waals surface area contributed by atoms with Gasteiger partial charge >= 0.3 is 169 Å².